The maximum Gasteiger partial charge on any atom is 0.325 e. The van der Waals surface area contributed by atoms with E-state index >= 15 is 0 Å². The lowest BCUT2D eigenvalue weighted by atomic mass is 9.65. The molecular formula is C26H30N2O4. The van der Waals surface area contributed by atoms with Gasteiger partial charge in [-0.25, -0.2) is 0 Å². The van der Waals surface area contributed by atoms with Crippen molar-refractivity contribution in [2.24, 2.45) is 5.92 Å². The second-order valence-corrected chi connectivity index (χ2v) is 9.19. The van der Waals surface area contributed by atoms with Gasteiger partial charge in [-0.05, 0) is 56.4 Å². The van der Waals surface area contributed by atoms with Crippen LogP contribution >= 0.6 is 0 Å². The first-order valence-corrected chi connectivity index (χ1v) is 11.3. The molecule has 1 fully saturated rings. The summed E-state index contributed by atoms with van der Waals surface area (Å²) in [6, 6.07) is 16.6. The Hall–Kier alpha value is -2.99. The lowest BCUT2D eigenvalue weighted by Crippen LogP contribution is -2.63. The van der Waals surface area contributed by atoms with Crippen LogP contribution in [0.15, 0.2) is 54.6 Å². The van der Waals surface area contributed by atoms with Crippen LogP contribution in [0.4, 0.5) is 5.69 Å². The summed E-state index contributed by atoms with van der Waals surface area (Å²) >= 11 is 0. The van der Waals surface area contributed by atoms with E-state index in [-0.39, 0.29) is 30.3 Å². The Bertz CT molecular complexity index is 1010. The number of benzene rings is 2. The Kier molecular flexibility index (Phi) is 6.15. The Labute approximate surface area is 188 Å². The van der Waals surface area contributed by atoms with E-state index in [0.29, 0.717) is 11.8 Å². The van der Waals surface area contributed by atoms with E-state index in [1.807, 2.05) is 73.3 Å². The Balaban J connectivity index is 1.90. The minimum absolute atomic E-state index is 0.0557. The summed E-state index contributed by atoms with van der Waals surface area (Å²) in [4.78, 5) is 40.0. The fraction of sp³-hybridized carbons (Fsp3) is 0.423. The highest BCUT2D eigenvalue weighted by atomic mass is 16.4. The van der Waals surface area contributed by atoms with E-state index in [0.717, 1.165) is 30.5 Å². The van der Waals surface area contributed by atoms with Crippen molar-refractivity contribution < 1.29 is 19.5 Å². The topological polar surface area (TPSA) is 86.7 Å². The molecule has 0 saturated heterocycles. The minimum Gasteiger partial charge on any atom is -0.480 e. The number of amides is 1. The molecule has 0 bridgehead atoms. The summed E-state index contributed by atoms with van der Waals surface area (Å²) < 4.78 is 0. The zero-order chi connectivity index (χ0) is 22.9. The number of fused-ring (bicyclic) bond motifs is 2. The second-order valence-electron chi connectivity index (χ2n) is 9.19. The van der Waals surface area contributed by atoms with Crippen LogP contribution in [-0.2, 0) is 9.59 Å². The first kappa shape index (κ1) is 22.2. The van der Waals surface area contributed by atoms with E-state index in [4.69, 9.17) is 0 Å². The average molecular weight is 435 g/mol. The first-order chi connectivity index (χ1) is 15.4. The van der Waals surface area contributed by atoms with Crippen molar-refractivity contribution in [3.63, 3.8) is 0 Å². The van der Waals surface area contributed by atoms with Crippen LogP contribution in [0, 0.1) is 5.92 Å². The summed E-state index contributed by atoms with van der Waals surface area (Å²) in [5.74, 6) is -1.57. The Morgan fingerprint density at radius 3 is 2.47 bits per heavy atom. The molecule has 168 valence electrons. The normalized spacial score (nSPS) is 23.8. The number of carbonyl (C=O) groups excluding carboxylic acids is 2. The average Bonchev–Trinajstić information content (AvgIpc) is 3.25. The summed E-state index contributed by atoms with van der Waals surface area (Å²) in [5.41, 5.74) is 0.749. The van der Waals surface area contributed by atoms with Crippen molar-refractivity contribution in [1.82, 2.24) is 5.32 Å². The van der Waals surface area contributed by atoms with Gasteiger partial charge in [0, 0.05) is 35.7 Å². The Morgan fingerprint density at radius 1 is 1.12 bits per heavy atom. The number of para-hydroxylation sites is 1. The van der Waals surface area contributed by atoms with Crippen LogP contribution in [0.1, 0.15) is 61.4 Å². The number of hydrogen-bond acceptors (Lipinski definition) is 4. The second kappa shape index (κ2) is 8.87. The number of nitrogens with zero attached hydrogens (tertiary/aromatic N) is 1. The molecule has 2 aliphatic rings. The van der Waals surface area contributed by atoms with Crippen molar-refractivity contribution in [2.75, 3.05) is 4.90 Å². The fourth-order valence-electron chi connectivity index (χ4n) is 5.87. The summed E-state index contributed by atoms with van der Waals surface area (Å²) in [5, 5.41) is 13.7. The first-order valence-electron chi connectivity index (χ1n) is 11.3. The van der Waals surface area contributed by atoms with Crippen molar-refractivity contribution in [1.29, 1.82) is 0 Å². The van der Waals surface area contributed by atoms with E-state index in [2.05, 4.69) is 5.32 Å². The van der Waals surface area contributed by atoms with Gasteiger partial charge in [-0.1, -0.05) is 42.8 Å². The van der Waals surface area contributed by atoms with Gasteiger partial charge in [0.15, 0.2) is 0 Å². The lowest BCUT2D eigenvalue weighted by molar-refractivity contribution is -0.148. The van der Waals surface area contributed by atoms with Gasteiger partial charge >= 0.3 is 5.97 Å². The molecule has 6 heteroatoms. The number of carbonyl (C=O) groups is 3. The van der Waals surface area contributed by atoms with Gasteiger partial charge < -0.3 is 14.8 Å². The molecule has 2 aromatic rings. The number of aliphatic carboxylic acids is 1. The largest absolute Gasteiger partial charge is 0.480 e. The quantitative estimate of drug-likeness (QED) is 0.643. The molecule has 1 heterocycles. The number of nitrogens with one attached hydrogen (secondary N) is 1. The smallest absolute Gasteiger partial charge is 0.325 e. The number of rotatable bonds is 7. The third kappa shape index (κ3) is 3.62. The van der Waals surface area contributed by atoms with Crippen LogP contribution in [-0.4, -0.2) is 40.9 Å². The minimum atomic E-state index is -1.43. The van der Waals surface area contributed by atoms with E-state index in [9.17, 15) is 19.5 Å². The zero-order valence-electron chi connectivity index (χ0n) is 18.5. The molecule has 4 rings (SSSR count). The molecule has 6 nitrogen and oxygen atoms in total. The molecule has 1 aliphatic carbocycles. The van der Waals surface area contributed by atoms with Gasteiger partial charge in [-0.2, -0.15) is 0 Å². The standard InChI is InChI=1S/C26H30N2O4/c1-17(2)27-26(15-16-29,25(31)32)23-19-11-6-7-13-21(19)28(22-14-8-12-20(22)23)24(30)18-9-4-3-5-10-18/h3-7,9-11,13,16-17,20,22-23,27H,8,12,14-15H2,1-2H3,(H,31,32). The summed E-state index contributed by atoms with van der Waals surface area (Å²) in [7, 11) is 0. The summed E-state index contributed by atoms with van der Waals surface area (Å²) in [6.45, 7) is 3.79. The van der Waals surface area contributed by atoms with E-state index < -0.39 is 17.4 Å². The van der Waals surface area contributed by atoms with E-state index in [1.165, 1.54) is 0 Å². The molecule has 2 aromatic carbocycles. The van der Waals surface area contributed by atoms with Crippen molar-refractivity contribution in [3.8, 4) is 0 Å². The van der Waals surface area contributed by atoms with Gasteiger partial charge in [-0.3, -0.25) is 14.9 Å². The molecule has 4 unspecified atom stereocenters. The molecule has 0 spiro atoms. The van der Waals surface area contributed by atoms with Crippen LogP contribution in [0.5, 0.6) is 0 Å². The van der Waals surface area contributed by atoms with Crippen molar-refractivity contribution in [3.05, 3.63) is 65.7 Å². The lowest BCUT2D eigenvalue weighted by Gasteiger charge is -2.50. The van der Waals surface area contributed by atoms with Gasteiger partial charge in [0.25, 0.3) is 5.91 Å². The third-order valence-corrected chi connectivity index (χ3v) is 6.93. The highest BCUT2D eigenvalue weighted by Gasteiger charge is 2.57. The molecule has 0 aromatic heterocycles. The zero-order valence-corrected chi connectivity index (χ0v) is 18.5. The van der Waals surface area contributed by atoms with Crippen LogP contribution in [0.2, 0.25) is 0 Å². The van der Waals surface area contributed by atoms with Crippen molar-refractivity contribution in [2.45, 2.75) is 63.1 Å². The molecule has 2 N–H and O–H groups in total. The van der Waals surface area contributed by atoms with Gasteiger partial charge in [0.05, 0.1) is 0 Å². The SMILES string of the molecule is CC(C)NC(CC=O)(C(=O)O)C1c2ccccc2N(C(=O)c2ccccc2)C2CCCC21. The summed E-state index contributed by atoms with van der Waals surface area (Å²) in [6.07, 6.45) is 3.12. The third-order valence-electron chi connectivity index (χ3n) is 6.93. The molecule has 32 heavy (non-hydrogen) atoms. The van der Waals surface area contributed by atoms with Gasteiger partial charge in [-0.15, -0.1) is 0 Å². The maximum atomic E-state index is 13.6. The molecule has 1 aliphatic heterocycles. The molecular weight excluding hydrogens is 404 g/mol. The number of carboxylic acids is 1. The number of carboxylic acid groups (broad SMARTS) is 1. The van der Waals surface area contributed by atoms with E-state index in [1.54, 1.807) is 0 Å². The predicted octanol–water partition coefficient (Wildman–Crippen LogP) is 4.01. The highest BCUT2D eigenvalue weighted by molar-refractivity contribution is 6.07. The number of aldehydes is 1. The van der Waals surface area contributed by atoms with Gasteiger partial charge in [0.1, 0.15) is 11.8 Å². The molecule has 1 amide bonds. The fourth-order valence-corrected chi connectivity index (χ4v) is 5.87. The predicted molar refractivity (Wildman–Crippen MR) is 123 cm³/mol. The maximum absolute atomic E-state index is 13.6. The Morgan fingerprint density at radius 2 is 1.81 bits per heavy atom. The molecule has 1 saturated carbocycles. The highest BCUT2D eigenvalue weighted by Crippen LogP contribution is 2.54. The molecule has 4 atom stereocenters. The van der Waals surface area contributed by atoms with Gasteiger partial charge in [0.2, 0.25) is 0 Å². The molecule has 0 radical (unpaired) electrons. The van der Waals surface area contributed by atoms with Crippen molar-refractivity contribution >= 4 is 23.9 Å². The van der Waals surface area contributed by atoms with Crippen LogP contribution in [0.25, 0.3) is 0 Å². The van der Waals surface area contributed by atoms with Crippen LogP contribution in [0.3, 0.4) is 0 Å². The number of hydrogen-bond donors (Lipinski definition) is 2. The number of anilines is 1. The monoisotopic (exact) mass is 434 g/mol. The van der Waals surface area contributed by atoms with Crippen LogP contribution < -0.4 is 10.2 Å².